The molecule has 0 radical (unpaired) electrons. The van der Waals surface area contributed by atoms with Crippen LogP contribution in [0, 0.1) is 6.92 Å². The molecule has 5 rings (SSSR count). The number of rotatable bonds is 3. The van der Waals surface area contributed by atoms with Gasteiger partial charge < -0.3 is 9.80 Å². The fraction of sp³-hybridized carbons (Fsp3) is 0.500. The fourth-order valence-corrected chi connectivity index (χ4v) is 4.72. The van der Waals surface area contributed by atoms with Gasteiger partial charge >= 0.3 is 0 Å². The van der Waals surface area contributed by atoms with Crippen LogP contribution in [0.1, 0.15) is 42.9 Å². The van der Waals surface area contributed by atoms with E-state index in [9.17, 15) is 0 Å². The number of piperazine rings is 1. The maximum atomic E-state index is 4.82. The zero-order valence-electron chi connectivity index (χ0n) is 17.0. The Kier molecular flexibility index (Phi) is 4.22. The number of nitrogens with zero attached hydrogens (tertiary/aromatic N) is 6. The standard InChI is InChI=1S/C22H28N6/c1-4-20-24-22-23-19-10-6-9-18(19)21(28(22)25-20)26-11-12-27(16(3)14-26)17-8-5-7-15(2)13-17/h5,7-8,13,16H,4,6,9-12,14H2,1-3H3/t16-/m0/s1. The third-order valence-corrected chi connectivity index (χ3v) is 6.10. The first-order chi connectivity index (χ1) is 13.6. The van der Waals surface area contributed by atoms with Gasteiger partial charge in [0.05, 0.1) is 5.69 Å². The topological polar surface area (TPSA) is 49.6 Å². The molecule has 3 aromatic rings. The van der Waals surface area contributed by atoms with Crippen LogP contribution >= 0.6 is 0 Å². The summed E-state index contributed by atoms with van der Waals surface area (Å²) >= 11 is 0. The van der Waals surface area contributed by atoms with Crippen molar-refractivity contribution in [3.05, 3.63) is 46.9 Å². The van der Waals surface area contributed by atoms with E-state index in [0.717, 1.165) is 50.5 Å². The van der Waals surface area contributed by atoms with Gasteiger partial charge in [0.1, 0.15) is 5.82 Å². The zero-order valence-corrected chi connectivity index (χ0v) is 17.0. The predicted octanol–water partition coefficient (Wildman–Crippen LogP) is 3.20. The van der Waals surface area contributed by atoms with Crippen LogP contribution in [0.25, 0.3) is 5.78 Å². The van der Waals surface area contributed by atoms with E-state index in [1.807, 2.05) is 4.52 Å². The number of hydrogen-bond donors (Lipinski definition) is 0. The highest BCUT2D eigenvalue weighted by Crippen LogP contribution is 2.33. The summed E-state index contributed by atoms with van der Waals surface area (Å²) in [5.41, 5.74) is 5.25. The molecule has 0 saturated carbocycles. The first-order valence-corrected chi connectivity index (χ1v) is 10.5. The molecule has 146 valence electrons. The summed E-state index contributed by atoms with van der Waals surface area (Å²) in [6, 6.07) is 9.28. The van der Waals surface area contributed by atoms with Crippen LogP contribution < -0.4 is 9.80 Å². The molecule has 2 aromatic heterocycles. The Morgan fingerprint density at radius 2 is 2.04 bits per heavy atom. The molecule has 1 aliphatic carbocycles. The number of aromatic nitrogens is 4. The van der Waals surface area contributed by atoms with Crippen molar-refractivity contribution in [1.29, 1.82) is 0 Å². The van der Waals surface area contributed by atoms with E-state index >= 15 is 0 Å². The lowest BCUT2D eigenvalue weighted by atomic mass is 10.1. The molecular weight excluding hydrogens is 348 g/mol. The van der Waals surface area contributed by atoms with Gasteiger partial charge in [-0.05, 0) is 50.8 Å². The molecule has 1 atom stereocenters. The maximum Gasteiger partial charge on any atom is 0.254 e. The molecule has 3 heterocycles. The third kappa shape index (κ3) is 2.82. The molecule has 0 spiro atoms. The summed E-state index contributed by atoms with van der Waals surface area (Å²) in [6.45, 7) is 9.58. The Bertz CT molecular complexity index is 1020. The highest BCUT2D eigenvalue weighted by molar-refractivity contribution is 5.59. The van der Waals surface area contributed by atoms with E-state index in [0.29, 0.717) is 6.04 Å². The number of fused-ring (bicyclic) bond motifs is 2. The van der Waals surface area contributed by atoms with Crippen molar-refractivity contribution in [3.63, 3.8) is 0 Å². The molecule has 1 fully saturated rings. The number of hydrogen-bond acceptors (Lipinski definition) is 5. The molecule has 28 heavy (non-hydrogen) atoms. The summed E-state index contributed by atoms with van der Waals surface area (Å²) in [4.78, 5) is 14.5. The van der Waals surface area contributed by atoms with Gasteiger partial charge in [-0.1, -0.05) is 19.1 Å². The Morgan fingerprint density at radius 3 is 2.82 bits per heavy atom. The Hall–Kier alpha value is -2.63. The highest BCUT2D eigenvalue weighted by Gasteiger charge is 2.30. The molecule has 0 unspecified atom stereocenters. The lowest BCUT2D eigenvalue weighted by molar-refractivity contribution is 0.541. The van der Waals surface area contributed by atoms with Crippen molar-refractivity contribution < 1.29 is 0 Å². The largest absolute Gasteiger partial charge is 0.365 e. The van der Waals surface area contributed by atoms with Crippen LogP contribution in [-0.2, 0) is 19.3 Å². The van der Waals surface area contributed by atoms with E-state index in [2.05, 4.69) is 59.8 Å². The van der Waals surface area contributed by atoms with Crippen LogP contribution in [0.15, 0.2) is 24.3 Å². The second kappa shape index (κ2) is 6.76. The number of aryl methyl sites for hydroxylation is 3. The lowest BCUT2D eigenvalue weighted by Gasteiger charge is -2.42. The maximum absolute atomic E-state index is 4.82. The van der Waals surface area contributed by atoms with Crippen LogP contribution in [0.4, 0.5) is 11.5 Å². The van der Waals surface area contributed by atoms with Gasteiger partial charge in [0.2, 0.25) is 0 Å². The molecule has 1 saturated heterocycles. The molecule has 6 nitrogen and oxygen atoms in total. The highest BCUT2D eigenvalue weighted by atomic mass is 15.4. The predicted molar refractivity (Wildman–Crippen MR) is 112 cm³/mol. The van der Waals surface area contributed by atoms with Crippen molar-refractivity contribution in [2.75, 3.05) is 29.4 Å². The summed E-state index contributed by atoms with van der Waals surface area (Å²) in [5, 5.41) is 4.79. The number of benzene rings is 1. The fourth-order valence-electron chi connectivity index (χ4n) is 4.72. The summed E-state index contributed by atoms with van der Waals surface area (Å²) < 4.78 is 2.01. The SMILES string of the molecule is CCc1nc2nc3c(c(N4CCN(c5cccc(C)c5)[C@@H](C)C4)n2n1)CCC3. The normalized spacial score (nSPS) is 19.5. The van der Waals surface area contributed by atoms with Crippen molar-refractivity contribution >= 4 is 17.3 Å². The summed E-state index contributed by atoms with van der Waals surface area (Å²) in [6.07, 6.45) is 4.18. The number of anilines is 2. The van der Waals surface area contributed by atoms with Crippen LogP contribution in [0.2, 0.25) is 0 Å². The van der Waals surface area contributed by atoms with Gasteiger partial charge in [0.15, 0.2) is 5.82 Å². The monoisotopic (exact) mass is 376 g/mol. The van der Waals surface area contributed by atoms with E-state index in [-0.39, 0.29) is 0 Å². The van der Waals surface area contributed by atoms with Crippen molar-refractivity contribution in [3.8, 4) is 0 Å². The summed E-state index contributed by atoms with van der Waals surface area (Å²) in [5.74, 6) is 2.88. The Balaban J connectivity index is 1.51. The molecule has 1 aliphatic heterocycles. The first kappa shape index (κ1) is 17.5. The minimum absolute atomic E-state index is 0.435. The average molecular weight is 377 g/mol. The van der Waals surface area contributed by atoms with Crippen molar-refractivity contribution in [2.45, 2.75) is 52.5 Å². The van der Waals surface area contributed by atoms with Gasteiger partial charge in [-0.15, -0.1) is 5.10 Å². The molecule has 6 heteroatoms. The second-order valence-corrected chi connectivity index (χ2v) is 8.14. The van der Waals surface area contributed by atoms with E-state index in [1.165, 1.54) is 34.7 Å². The van der Waals surface area contributed by atoms with Gasteiger partial charge in [0.25, 0.3) is 5.78 Å². The Morgan fingerprint density at radius 1 is 1.14 bits per heavy atom. The minimum atomic E-state index is 0.435. The molecule has 0 N–H and O–H groups in total. The van der Waals surface area contributed by atoms with Crippen LogP contribution in [0.5, 0.6) is 0 Å². The van der Waals surface area contributed by atoms with Gasteiger partial charge in [-0.3, -0.25) is 0 Å². The van der Waals surface area contributed by atoms with Crippen LogP contribution in [-0.4, -0.2) is 45.3 Å². The molecule has 0 amide bonds. The van der Waals surface area contributed by atoms with E-state index in [1.54, 1.807) is 0 Å². The summed E-state index contributed by atoms with van der Waals surface area (Å²) in [7, 11) is 0. The van der Waals surface area contributed by atoms with Crippen molar-refractivity contribution in [2.24, 2.45) is 0 Å². The smallest absolute Gasteiger partial charge is 0.254 e. The minimum Gasteiger partial charge on any atom is -0.365 e. The second-order valence-electron chi connectivity index (χ2n) is 8.14. The van der Waals surface area contributed by atoms with Gasteiger partial charge in [0, 0.05) is 43.3 Å². The van der Waals surface area contributed by atoms with Crippen molar-refractivity contribution in [1.82, 2.24) is 19.6 Å². The van der Waals surface area contributed by atoms with Gasteiger partial charge in [-0.25, -0.2) is 4.98 Å². The molecule has 1 aromatic carbocycles. The quantitative estimate of drug-likeness (QED) is 0.703. The molecular formula is C22H28N6. The third-order valence-electron chi connectivity index (χ3n) is 6.10. The lowest BCUT2D eigenvalue weighted by Crippen LogP contribution is -2.53. The van der Waals surface area contributed by atoms with Gasteiger partial charge in [-0.2, -0.15) is 9.50 Å². The average Bonchev–Trinajstić information content (AvgIpc) is 3.31. The first-order valence-electron chi connectivity index (χ1n) is 10.5. The molecule has 2 aliphatic rings. The van der Waals surface area contributed by atoms with E-state index in [4.69, 9.17) is 10.1 Å². The van der Waals surface area contributed by atoms with E-state index < -0.39 is 0 Å². The Labute approximate surface area is 166 Å². The molecule has 0 bridgehead atoms. The zero-order chi connectivity index (χ0) is 19.3. The van der Waals surface area contributed by atoms with Crippen LogP contribution in [0.3, 0.4) is 0 Å².